The minimum atomic E-state index is 0.386. The molecule has 2 heterocycles. The van der Waals surface area contributed by atoms with Gasteiger partial charge in [0.1, 0.15) is 11.6 Å². The van der Waals surface area contributed by atoms with Crippen LogP contribution >= 0.6 is 0 Å². The van der Waals surface area contributed by atoms with E-state index in [1.165, 1.54) is 19.3 Å². The number of rotatable bonds is 3. The number of ether oxygens (including phenoxy) is 1. The molecule has 3 rings (SSSR count). The highest BCUT2D eigenvalue weighted by Crippen LogP contribution is 2.33. The summed E-state index contributed by atoms with van der Waals surface area (Å²) >= 11 is 0. The molecule has 1 saturated heterocycles. The summed E-state index contributed by atoms with van der Waals surface area (Å²) in [5.41, 5.74) is 6.01. The lowest BCUT2D eigenvalue weighted by atomic mass is 10.1. The molecule has 1 aromatic carbocycles. The number of aromatic nitrogens is 1. The first-order valence-electron chi connectivity index (χ1n) is 7.73. The molecule has 1 aliphatic rings. The summed E-state index contributed by atoms with van der Waals surface area (Å²) in [6.45, 7) is 1.72. The Kier molecular flexibility index (Phi) is 4.25. The summed E-state index contributed by atoms with van der Waals surface area (Å²) < 4.78 is 5.48. The Hall–Kier alpha value is -1.81. The van der Waals surface area contributed by atoms with Crippen molar-refractivity contribution in [3.8, 4) is 5.75 Å². The zero-order valence-corrected chi connectivity index (χ0v) is 12.6. The van der Waals surface area contributed by atoms with Crippen LogP contribution in [0.5, 0.6) is 5.75 Å². The van der Waals surface area contributed by atoms with Crippen LogP contribution in [0.4, 0.5) is 5.82 Å². The van der Waals surface area contributed by atoms with Gasteiger partial charge in [0.15, 0.2) is 0 Å². The van der Waals surface area contributed by atoms with Crippen LogP contribution in [0.25, 0.3) is 10.8 Å². The van der Waals surface area contributed by atoms with Gasteiger partial charge in [-0.2, -0.15) is 0 Å². The first-order valence-corrected chi connectivity index (χ1v) is 7.73. The Morgan fingerprint density at radius 1 is 1.24 bits per heavy atom. The minimum Gasteiger partial charge on any atom is -0.496 e. The van der Waals surface area contributed by atoms with Gasteiger partial charge in [-0.15, -0.1) is 0 Å². The monoisotopic (exact) mass is 285 g/mol. The highest BCUT2D eigenvalue weighted by Gasteiger charge is 2.22. The fraction of sp³-hybridized carbons (Fsp3) is 0.471. The third-order valence-electron chi connectivity index (χ3n) is 4.39. The second-order valence-electron chi connectivity index (χ2n) is 5.62. The lowest BCUT2D eigenvalue weighted by Crippen LogP contribution is -2.40. The van der Waals surface area contributed by atoms with Crippen molar-refractivity contribution in [1.82, 2.24) is 4.98 Å². The first-order chi connectivity index (χ1) is 10.3. The normalized spacial score (nSPS) is 19.5. The van der Waals surface area contributed by atoms with E-state index in [1.54, 1.807) is 7.11 Å². The molecule has 1 aromatic heterocycles. The molecule has 0 saturated carbocycles. The summed E-state index contributed by atoms with van der Waals surface area (Å²) in [4.78, 5) is 7.06. The number of nitrogens with two attached hydrogens (primary N) is 1. The molecule has 21 heavy (non-hydrogen) atoms. The molecule has 1 fully saturated rings. The van der Waals surface area contributed by atoms with E-state index in [0.717, 1.165) is 35.3 Å². The average Bonchev–Trinajstić information content (AvgIpc) is 2.78. The molecule has 4 nitrogen and oxygen atoms in total. The summed E-state index contributed by atoms with van der Waals surface area (Å²) in [6, 6.07) is 8.55. The Morgan fingerprint density at radius 3 is 2.95 bits per heavy atom. The molecule has 112 valence electrons. The molecule has 1 atom stereocenters. The highest BCUT2D eigenvalue weighted by atomic mass is 16.5. The van der Waals surface area contributed by atoms with Gasteiger partial charge in [-0.05, 0) is 25.0 Å². The Labute approximate surface area is 125 Å². The van der Waals surface area contributed by atoms with Crippen LogP contribution in [0, 0.1) is 0 Å². The van der Waals surface area contributed by atoms with Crippen molar-refractivity contribution >= 4 is 16.6 Å². The Balaban J connectivity index is 2.10. The van der Waals surface area contributed by atoms with Gasteiger partial charge in [-0.1, -0.05) is 25.0 Å². The highest BCUT2D eigenvalue weighted by molar-refractivity contribution is 5.96. The Bertz CT molecular complexity index is 614. The van der Waals surface area contributed by atoms with E-state index in [4.69, 9.17) is 10.5 Å². The molecule has 1 aliphatic heterocycles. The van der Waals surface area contributed by atoms with Gasteiger partial charge in [0.25, 0.3) is 0 Å². The van der Waals surface area contributed by atoms with E-state index in [2.05, 4.69) is 16.0 Å². The van der Waals surface area contributed by atoms with Crippen molar-refractivity contribution in [2.24, 2.45) is 5.73 Å². The van der Waals surface area contributed by atoms with Crippen LogP contribution in [-0.4, -0.2) is 31.2 Å². The minimum absolute atomic E-state index is 0.386. The SMILES string of the molecule is COc1cccc2c(N3CCCCCC3CN)nccc12. The van der Waals surface area contributed by atoms with Gasteiger partial charge in [0.2, 0.25) is 0 Å². The van der Waals surface area contributed by atoms with Gasteiger partial charge >= 0.3 is 0 Å². The molecule has 4 heteroatoms. The maximum Gasteiger partial charge on any atom is 0.136 e. The predicted octanol–water partition coefficient (Wildman–Crippen LogP) is 2.95. The fourth-order valence-corrected chi connectivity index (χ4v) is 3.27. The van der Waals surface area contributed by atoms with Crippen molar-refractivity contribution in [3.05, 3.63) is 30.5 Å². The molecule has 0 spiro atoms. The number of pyridine rings is 1. The van der Waals surface area contributed by atoms with Gasteiger partial charge < -0.3 is 15.4 Å². The standard InChI is InChI=1S/C17H23N3O/c1-21-16-8-5-7-15-14(16)9-10-19-17(15)20-11-4-2-3-6-13(20)12-18/h5,7-10,13H,2-4,6,11-12,18H2,1H3. The van der Waals surface area contributed by atoms with Crippen molar-refractivity contribution in [3.63, 3.8) is 0 Å². The van der Waals surface area contributed by atoms with E-state index in [0.29, 0.717) is 12.6 Å². The average molecular weight is 285 g/mol. The maximum atomic E-state index is 6.01. The number of benzene rings is 1. The van der Waals surface area contributed by atoms with E-state index in [9.17, 15) is 0 Å². The van der Waals surface area contributed by atoms with Gasteiger partial charge in [-0.25, -0.2) is 4.98 Å². The summed E-state index contributed by atoms with van der Waals surface area (Å²) in [7, 11) is 1.71. The van der Waals surface area contributed by atoms with E-state index < -0.39 is 0 Å². The topological polar surface area (TPSA) is 51.4 Å². The van der Waals surface area contributed by atoms with Crippen molar-refractivity contribution in [1.29, 1.82) is 0 Å². The molecule has 2 aromatic rings. The molecule has 0 aliphatic carbocycles. The van der Waals surface area contributed by atoms with Crippen LogP contribution in [0.15, 0.2) is 30.5 Å². The summed E-state index contributed by atoms with van der Waals surface area (Å²) in [6.07, 6.45) is 6.77. The molecule has 0 amide bonds. The van der Waals surface area contributed by atoms with Crippen LogP contribution in [-0.2, 0) is 0 Å². The summed E-state index contributed by atoms with van der Waals surface area (Å²) in [5, 5.41) is 2.27. The van der Waals surface area contributed by atoms with E-state index in [1.807, 2.05) is 24.4 Å². The van der Waals surface area contributed by atoms with E-state index >= 15 is 0 Å². The third-order valence-corrected chi connectivity index (χ3v) is 4.39. The lowest BCUT2D eigenvalue weighted by molar-refractivity contribution is 0.420. The zero-order chi connectivity index (χ0) is 14.7. The van der Waals surface area contributed by atoms with Crippen LogP contribution < -0.4 is 15.4 Å². The number of anilines is 1. The molecular weight excluding hydrogens is 262 g/mol. The fourth-order valence-electron chi connectivity index (χ4n) is 3.27. The summed E-state index contributed by atoms with van der Waals surface area (Å²) in [5.74, 6) is 1.94. The smallest absolute Gasteiger partial charge is 0.136 e. The van der Waals surface area contributed by atoms with Gasteiger partial charge in [0, 0.05) is 36.1 Å². The zero-order valence-electron chi connectivity index (χ0n) is 12.6. The number of fused-ring (bicyclic) bond motifs is 1. The largest absolute Gasteiger partial charge is 0.496 e. The molecule has 1 unspecified atom stereocenters. The molecular formula is C17H23N3O. The number of hydrogen-bond acceptors (Lipinski definition) is 4. The van der Waals surface area contributed by atoms with Crippen molar-refractivity contribution in [2.75, 3.05) is 25.1 Å². The maximum absolute atomic E-state index is 6.01. The molecule has 0 bridgehead atoms. The van der Waals surface area contributed by atoms with Crippen LogP contribution in [0.3, 0.4) is 0 Å². The van der Waals surface area contributed by atoms with Crippen molar-refractivity contribution < 1.29 is 4.74 Å². The number of methoxy groups -OCH3 is 1. The van der Waals surface area contributed by atoms with Crippen LogP contribution in [0.2, 0.25) is 0 Å². The number of nitrogens with zero attached hydrogens (tertiary/aromatic N) is 2. The van der Waals surface area contributed by atoms with Gasteiger partial charge in [0.05, 0.1) is 7.11 Å². The molecule has 2 N–H and O–H groups in total. The third kappa shape index (κ3) is 2.68. The second-order valence-corrected chi connectivity index (χ2v) is 5.62. The quantitative estimate of drug-likeness (QED) is 0.942. The van der Waals surface area contributed by atoms with Crippen molar-refractivity contribution in [2.45, 2.75) is 31.7 Å². The first kappa shape index (κ1) is 14.1. The molecule has 0 radical (unpaired) electrons. The number of hydrogen-bond donors (Lipinski definition) is 1. The predicted molar refractivity (Wildman–Crippen MR) is 87.0 cm³/mol. The van der Waals surface area contributed by atoms with E-state index in [-0.39, 0.29) is 0 Å². The lowest BCUT2D eigenvalue weighted by Gasteiger charge is -2.31. The Morgan fingerprint density at radius 2 is 2.14 bits per heavy atom. The van der Waals surface area contributed by atoms with Crippen LogP contribution in [0.1, 0.15) is 25.7 Å². The second kappa shape index (κ2) is 6.31. The van der Waals surface area contributed by atoms with Gasteiger partial charge in [-0.3, -0.25) is 0 Å².